The molecular weight excluding hydrogens is 182 g/mol. The molecule has 0 radical (unpaired) electrons. The topological polar surface area (TPSA) is 0 Å². The fourth-order valence-corrected chi connectivity index (χ4v) is 2.18. The fourth-order valence-electron chi connectivity index (χ4n) is 2.18. The molecule has 14 heavy (non-hydrogen) atoms. The first kappa shape index (κ1) is 9.63. The van der Waals surface area contributed by atoms with Crippen LogP contribution in [0.4, 0.5) is 8.78 Å². The standard InChI is InChI=1S/C12H14F2/c1-8(2)10-5-3-4-9-6-12(13,14)7-11(9)10/h3-5,8H,6-7H2,1-2H3. The summed E-state index contributed by atoms with van der Waals surface area (Å²) in [6.45, 7) is 4.10. The van der Waals surface area contributed by atoms with E-state index in [1.54, 1.807) is 0 Å². The smallest absolute Gasteiger partial charge is 0.206 e. The Morgan fingerprint density at radius 2 is 1.93 bits per heavy atom. The van der Waals surface area contributed by atoms with E-state index in [4.69, 9.17) is 0 Å². The van der Waals surface area contributed by atoms with Crippen LogP contribution >= 0.6 is 0 Å². The minimum Gasteiger partial charge on any atom is -0.206 e. The molecule has 0 atom stereocenters. The second kappa shape index (κ2) is 3.04. The highest BCUT2D eigenvalue weighted by molar-refractivity contribution is 5.42. The van der Waals surface area contributed by atoms with Gasteiger partial charge in [-0.3, -0.25) is 0 Å². The zero-order valence-electron chi connectivity index (χ0n) is 8.48. The molecule has 0 nitrogen and oxygen atoms in total. The summed E-state index contributed by atoms with van der Waals surface area (Å²) in [5.74, 6) is -2.19. The van der Waals surface area contributed by atoms with Crippen LogP contribution in [-0.4, -0.2) is 5.92 Å². The zero-order valence-corrected chi connectivity index (χ0v) is 8.48. The van der Waals surface area contributed by atoms with Crippen molar-refractivity contribution >= 4 is 0 Å². The Bertz CT molecular complexity index is 353. The first-order valence-corrected chi connectivity index (χ1v) is 4.98. The second-order valence-electron chi connectivity index (χ2n) is 4.35. The van der Waals surface area contributed by atoms with Gasteiger partial charge in [0.05, 0.1) is 0 Å². The molecule has 0 amide bonds. The van der Waals surface area contributed by atoms with E-state index in [0.29, 0.717) is 5.92 Å². The number of fused-ring (bicyclic) bond motifs is 1. The summed E-state index contributed by atoms with van der Waals surface area (Å²) in [6.07, 6.45) is -0.153. The van der Waals surface area contributed by atoms with Gasteiger partial charge < -0.3 is 0 Å². The van der Waals surface area contributed by atoms with E-state index in [0.717, 1.165) is 16.7 Å². The lowest BCUT2D eigenvalue weighted by Crippen LogP contribution is -2.15. The molecule has 0 heterocycles. The lowest BCUT2D eigenvalue weighted by atomic mass is 9.95. The molecular formula is C12H14F2. The number of hydrogen-bond donors (Lipinski definition) is 0. The van der Waals surface area contributed by atoms with Gasteiger partial charge in [-0.25, -0.2) is 8.78 Å². The normalized spacial score (nSPS) is 18.6. The molecule has 76 valence electrons. The number of rotatable bonds is 1. The van der Waals surface area contributed by atoms with Crippen molar-refractivity contribution in [1.82, 2.24) is 0 Å². The number of hydrogen-bond acceptors (Lipinski definition) is 0. The molecule has 0 spiro atoms. The van der Waals surface area contributed by atoms with Crippen LogP contribution < -0.4 is 0 Å². The van der Waals surface area contributed by atoms with Gasteiger partial charge in [-0.15, -0.1) is 0 Å². The third-order valence-corrected chi connectivity index (χ3v) is 2.82. The van der Waals surface area contributed by atoms with Crippen molar-refractivity contribution in [2.45, 2.75) is 38.5 Å². The Labute approximate surface area is 82.9 Å². The Morgan fingerprint density at radius 3 is 2.57 bits per heavy atom. The van der Waals surface area contributed by atoms with Gasteiger partial charge in [-0.1, -0.05) is 32.0 Å². The van der Waals surface area contributed by atoms with Crippen molar-refractivity contribution in [2.24, 2.45) is 0 Å². The average Bonchev–Trinajstić information content (AvgIpc) is 2.36. The van der Waals surface area contributed by atoms with E-state index in [1.807, 2.05) is 32.0 Å². The van der Waals surface area contributed by atoms with E-state index >= 15 is 0 Å². The van der Waals surface area contributed by atoms with Crippen LogP contribution in [0.15, 0.2) is 18.2 Å². The van der Waals surface area contributed by atoms with E-state index in [9.17, 15) is 8.78 Å². The average molecular weight is 196 g/mol. The van der Waals surface area contributed by atoms with Crippen LogP contribution in [0.2, 0.25) is 0 Å². The Kier molecular flexibility index (Phi) is 2.09. The van der Waals surface area contributed by atoms with Crippen molar-refractivity contribution in [3.63, 3.8) is 0 Å². The molecule has 1 aromatic rings. The summed E-state index contributed by atoms with van der Waals surface area (Å²) < 4.78 is 26.4. The van der Waals surface area contributed by atoms with Gasteiger partial charge in [-0.2, -0.15) is 0 Å². The van der Waals surface area contributed by atoms with Gasteiger partial charge >= 0.3 is 0 Å². The molecule has 0 unspecified atom stereocenters. The van der Waals surface area contributed by atoms with E-state index in [-0.39, 0.29) is 12.8 Å². The van der Waals surface area contributed by atoms with Crippen LogP contribution in [0, 0.1) is 0 Å². The Balaban J connectivity index is 2.46. The summed E-state index contributed by atoms with van der Waals surface area (Å²) in [7, 11) is 0. The Hall–Kier alpha value is -0.920. The molecule has 0 aliphatic heterocycles. The van der Waals surface area contributed by atoms with Crippen molar-refractivity contribution in [2.75, 3.05) is 0 Å². The second-order valence-corrected chi connectivity index (χ2v) is 4.35. The van der Waals surface area contributed by atoms with Gasteiger partial charge in [0, 0.05) is 12.8 Å². The Morgan fingerprint density at radius 1 is 1.21 bits per heavy atom. The lowest BCUT2D eigenvalue weighted by Gasteiger charge is -2.11. The SMILES string of the molecule is CC(C)c1cccc2c1CC(F)(F)C2. The number of halogens is 2. The van der Waals surface area contributed by atoms with Crippen LogP contribution in [0.25, 0.3) is 0 Å². The highest BCUT2D eigenvalue weighted by atomic mass is 19.3. The predicted octanol–water partition coefficient (Wildman–Crippen LogP) is 3.54. The van der Waals surface area contributed by atoms with Gasteiger partial charge in [0.1, 0.15) is 0 Å². The van der Waals surface area contributed by atoms with Crippen LogP contribution in [0.5, 0.6) is 0 Å². The van der Waals surface area contributed by atoms with Crippen molar-refractivity contribution in [1.29, 1.82) is 0 Å². The maximum absolute atomic E-state index is 13.2. The van der Waals surface area contributed by atoms with Gasteiger partial charge in [0.2, 0.25) is 0 Å². The summed E-state index contributed by atoms with van der Waals surface area (Å²) in [6, 6.07) is 5.67. The zero-order chi connectivity index (χ0) is 10.3. The van der Waals surface area contributed by atoms with Gasteiger partial charge in [-0.05, 0) is 22.6 Å². The van der Waals surface area contributed by atoms with Crippen LogP contribution in [0.1, 0.15) is 36.5 Å². The monoisotopic (exact) mass is 196 g/mol. The minimum absolute atomic E-state index is 0.0727. The largest absolute Gasteiger partial charge is 0.256 e. The molecule has 1 aliphatic rings. The molecule has 0 fully saturated rings. The molecule has 1 aliphatic carbocycles. The van der Waals surface area contributed by atoms with Crippen molar-refractivity contribution in [3.05, 3.63) is 34.9 Å². The summed E-state index contributed by atoms with van der Waals surface area (Å²) in [5, 5.41) is 0. The quantitative estimate of drug-likeness (QED) is 0.644. The van der Waals surface area contributed by atoms with E-state index < -0.39 is 5.92 Å². The molecule has 0 saturated carbocycles. The van der Waals surface area contributed by atoms with Gasteiger partial charge in [0.25, 0.3) is 5.92 Å². The van der Waals surface area contributed by atoms with Crippen LogP contribution in [-0.2, 0) is 12.8 Å². The third-order valence-electron chi connectivity index (χ3n) is 2.82. The van der Waals surface area contributed by atoms with E-state index in [1.165, 1.54) is 0 Å². The molecule has 2 heteroatoms. The predicted molar refractivity (Wildman–Crippen MR) is 52.9 cm³/mol. The van der Waals surface area contributed by atoms with E-state index in [2.05, 4.69) is 0 Å². The summed E-state index contributed by atoms with van der Waals surface area (Å²) in [5.41, 5.74) is 2.80. The maximum atomic E-state index is 13.2. The van der Waals surface area contributed by atoms with Crippen LogP contribution in [0.3, 0.4) is 0 Å². The fraction of sp³-hybridized carbons (Fsp3) is 0.500. The molecule has 1 aromatic carbocycles. The van der Waals surface area contributed by atoms with Crippen molar-refractivity contribution in [3.8, 4) is 0 Å². The number of benzene rings is 1. The minimum atomic E-state index is -2.52. The highest BCUT2D eigenvalue weighted by Gasteiger charge is 2.38. The molecule has 0 bridgehead atoms. The molecule has 0 N–H and O–H groups in total. The molecule has 0 saturated heterocycles. The van der Waals surface area contributed by atoms with Gasteiger partial charge in [0.15, 0.2) is 0 Å². The third kappa shape index (κ3) is 1.54. The summed E-state index contributed by atoms with van der Waals surface area (Å²) in [4.78, 5) is 0. The first-order chi connectivity index (χ1) is 6.49. The summed E-state index contributed by atoms with van der Waals surface area (Å²) >= 11 is 0. The molecule has 2 rings (SSSR count). The number of alkyl halides is 2. The lowest BCUT2D eigenvalue weighted by molar-refractivity contribution is 0.0129. The van der Waals surface area contributed by atoms with Crippen molar-refractivity contribution < 1.29 is 8.78 Å². The first-order valence-electron chi connectivity index (χ1n) is 4.98. The molecule has 0 aromatic heterocycles. The maximum Gasteiger partial charge on any atom is 0.256 e. The highest BCUT2D eigenvalue weighted by Crippen LogP contribution is 2.37.